The normalized spacial score (nSPS) is 13.2. The fraction of sp³-hybridized carbons (Fsp3) is 0.889. The van der Waals surface area contributed by atoms with Crippen molar-refractivity contribution in [3.8, 4) is 0 Å². The Morgan fingerprint density at radius 3 is 1.75 bits per heavy atom. The molecular formula is C18H43NO. The number of nitrogens with one attached hydrogen (secondary N) is 1. The van der Waals surface area contributed by atoms with Gasteiger partial charge in [0.1, 0.15) is 0 Å². The fourth-order valence-corrected chi connectivity index (χ4v) is 1.35. The molecule has 2 heteroatoms. The van der Waals surface area contributed by atoms with Gasteiger partial charge in [0.05, 0.1) is 0 Å². The van der Waals surface area contributed by atoms with Crippen LogP contribution in [-0.2, 0) is 0 Å². The van der Waals surface area contributed by atoms with Crippen LogP contribution in [0.4, 0.5) is 0 Å². The second-order valence-corrected chi connectivity index (χ2v) is 7.40. The SMILES string of the molecule is C/C=C/CCCC(C)(C)C.CN[C@H](C)C(C)(C)C.CO.[HH]. The Balaban J connectivity index is -0.000000120. The summed E-state index contributed by atoms with van der Waals surface area (Å²) in [5.41, 5.74) is 0.913. The smallest absolute Gasteiger partial charge is 0.0319 e. The third-order valence-electron chi connectivity index (χ3n) is 3.27. The van der Waals surface area contributed by atoms with E-state index in [0.29, 0.717) is 16.9 Å². The highest BCUT2D eigenvalue weighted by atomic mass is 16.2. The van der Waals surface area contributed by atoms with Crippen LogP contribution in [0.3, 0.4) is 0 Å². The summed E-state index contributed by atoms with van der Waals surface area (Å²) in [6, 6.07) is 0.600. The molecular weight excluding hydrogens is 246 g/mol. The van der Waals surface area contributed by atoms with Crippen molar-refractivity contribution in [2.24, 2.45) is 10.8 Å². The zero-order chi connectivity index (χ0) is 16.8. The van der Waals surface area contributed by atoms with Gasteiger partial charge in [0.15, 0.2) is 0 Å². The molecule has 0 aromatic carbocycles. The van der Waals surface area contributed by atoms with Crippen LogP contribution in [0.1, 0.15) is 76.1 Å². The molecule has 0 spiro atoms. The number of hydrogen-bond donors (Lipinski definition) is 2. The lowest BCUT2D eigenvalue weighted by molar-refractivity contribution is 0.301. The number of hydrogen-bond acceptors (Lipinski definition) is 2. The van der Waals surface area contributed by atoms with E-state index in [-0.39, 0.29) is 1.43 Å². The van der Waals surface area contributed by atoms with E-state index in [2.05, 4.69) is 72.9 Å². The number of aliphatic hydroxyl groups is 1. The molecule has 0 aromatic heterocycles. The molecule has 0 unspecified atom stereocenters. The third-order valence-corrected chi connectivity index (χ3v) is 3.27. The topological polar surface area (TPSA) is 32.3 Å². The Bertz CT molecular complexity index is 214. The van der Waals surface area contributed by atoms with E-state index in [4.69, 9.17) is 5.11 Å². The molecule has 0 heterocycles. The monoisotopic (exact) mass is 289 g/mol. The maximum atomic E-state index is 7.00. The number of aliphatic hydroxyl groups excluding tert-OH is 1. The largest absolute Gasteiger partial charge is 0.400 e. The molecule has 2 N–H and O–H groups in total. The number of unbranched alkanes of at least 4 members (excludes halogenated alkanes) is 1. The van der Waals surface area contributed by atoms with Crippen molar-refractivity contribution in [3.05, 3.63) is 12.2 Å². The Morgan fingerprint density at radius 2 is 1.55 bits per heavy atom. The Hall–Kier alpha value is -0.340. The van der Waals surface area contributed by atoms with Gasteiger partial charge in [-0.15, -0.1) is 0 Å². The van der Waals surface area contributed by atoms with Gasteiger partial charge in [-0.3, -0.25) is 0 Å². The first-order valence-corrected chi connectivity index (χ1v) is 7.77. The zero-order valence-corrected chi connectivity index (χ0v) is 15.8. The summed E-state index contributed by atoms with van der Waals surface area (Å²) in [5, 5.41) is 10.2. The van der Waals surface area contributed by atoms with Gasteiger partial charge in [-0.05, 0) is 51.0 Å². The second kappa shape index (κ2) is 13.6. The van der Waals surface area contributed by atoms with Crippen molar-refractivity contribution < 1.29 is 6.53 Å². The molecule has 0 amide bonds. The summed E-state index contributed by atoms with van der Waals surface area (Å²) in [7, 11) is 3.00. The predicted molar refractivity (Wildman–Crippen MR) is 96.4 cm³/mol. The lowest BCUT2D eigenvalue weighted by Gasteiger charge is -2.26. The zero-order valence-electron chi connectivity index (χ0n) is 15.8. The third kappa shape index (κ3) is 22.8. The van der Waals surface area contributed by atoms with Gasteiger partial charge >= 0.3 is 0 Å². The van der Waals surface area contributed by atoms with Gasteiger partial charge in [-0.1, -0.05) is 53.7 Å². The highest BCUT2D eigenvalue weighted by Crippen LogP contribution is 2.21. The van der Waals surface area contributed by atoms with E-state index in [1.54, 1.807) is 0 Å². The molecule has 126 valence electrons. The molecule has 2 nitrogen and oxygen atoms in total. The summed E-state index contributed by atoms with van der Waals surface area (Å²) in [6.07, 6.45) is 8.27. The first kappa shape index (κ1) is 24.7. The van der Waals surface area contributed by atoms with Crippen LogP contribution in [0.2, 0.25) is 0 Å². The van der Waals surface area contributed by atoms with Gasteiger partial charge in [0.2, 0.25) is 0 Å². The van der Waals surface area contributed by atoms with Gasteiger partial charge < -0.3 is 10.4 Å². The van der Waals surface area contributed by atoms with Crippen molar-refractivity contribution in [2.75, 3.05) is 14.2 Å². The Kier molecular flexibility index (Phi) is 16.8. The Morgan fingerprint density at radius 1 is 1.10 bits per heavy atom. The van der Waals surface area contributed by atoms with Crippen molar-refractivity contribution in [3.63, 3.8) is 0 Å². The van der Waals surface area contributed by atoms with Crippen LogP contribution in [0.5, 0.6) is 0 Å². The number of allylic oxidation sites excluding steroid dienone is 2. The average molecular weight is 290 g/mol. The van der Waals surface area contributed by atoms with Crippen LogP contribution >= 0.6 is 0 Å². The van der Waals surface area contributed by atoms with Gasteiger partial charge in [0, 0.05) is 14.6 Å². The van der Waals surface area contributed by atoms with Crippen molar-refractivity contribution in [1.29, 1.82) is 0 Å². The average Bonchev–Trinajstić information content (AvgIpc) is 2.34. The maximum Gasteiger partial charge on any atom is 0.0319 e. The highest BCUT2D eigenvalue weighted by molar-refractivity contribution is 4.77. The van der Waals surface area contributed by atoms with Crippen LogP contribution in [0.25, 0.3) is 0 Å². The van der Waals surface area contributed by atoms with E-state index >= 15 is 0 Å². The molecule has 0 aromatic rings. The molecule has 0 saturated heterocycles. The minimum absolute atomic E-state index is 0. The van der Waals surface area contributed by atoms with Crippen LogP contribution < -0.4 is 5.32 Å². The molecule has 0 aliphatic carbocycles. The van der Waals surface area contributed by atoms with Crippen molar-refractivity contribution in [1.82, 2.24) is 5.32 Å². The Labute approximate surface area is 130 Å². The molecule has 0 saturated carbocycles. The lowest BCUT2D eigenvalue weighted by atomic mass is 9.88. The van der Waals surface area contributed by atoms with Crippen molar-refractivity contribution in [2.45, 2.75) is 80.7 Å². The first-order valence-electron chi connectivity index (χ1n) is 7.77. The first-order chi connectivity index (χ1) is 9.04. The summed E-state index contributed by atoms with van der Waals surface area (Å²) < 4.78 is 0. The highest BCUT2D eigenvalue weighted by Gasteiger charge is 2.16. The molecule has 0 fully saturated rings. The molecule has 20 heavy (non-hydrogen) atoms. The van der Waals surface area contributed by atoms with E-state index in [0.717, 1.165) is 7.11 Å². The standard InChI is InChI=1S/C10H20.C7H17N.CH4O.H2/c1-5-6-7-8-9-10(2,3)4;1-6(8-5)7(2,3)4;1-2;/h5-6H,7-9H2,1-4H3;6,8H,1-5H3;2H,1H3;1H/b6-5+;;;/t;6-;;/m.1../s1. The predicted octanol–water partition coefficient (Wildman–Crippen LogP) is 5.27. The van der Waals surface area contributed by atoms with Crippen LogP contribution in [-0.4, -0.2) is 25.3 Å². The maximum absolute atomic E-state index is 7.00. The summed E-state index contributed by atoms with van der Waals surface area (Å²) in [6.45, 7) is 17.8. The van der Waals surface area contributed by atoms with Crippen LogP contribution in [0.15, 0.2) is 12.2 Å². The van der Waals surface area contributed by atoms with Crippen molar-refractivity contribution >= 4 is 0 Å². The van der Waals surface area contributed by atoms with Crippen LogP contribution in [0, 0.1) is 10.8 Å². The molecule has 0 aliphatic rings. The van der Waals surface area contributed by atoms with Gasteiger partial charge in [0.25, 0.3) is 0 Å². The molecule has 1 atom stereocenters. The fourth-order valence-electron chi connectivity index (χ4n) is 1.35. The van der Waals surface area contributed by atoms with E-state index in [9.17, 15) is 0 Å². The minimum Gasteiger partial charge on any atom is -0.400 e. The van der Waals surface area contributed by atoms with E-state index in [1.165, 1.54) is 19.3 Å². The number of rotatable bonds is 4. The summed E-state index contributed by atoms with van der Waals surface area (Å²) in [4.78, 5) is 0. The quantitative estimate of drug-likeness (QED) is 0.545. The van der Waals surface area contributed by atoms with E-state index in [1.807, 2.05) is 7.05 Å². The lowest BCUT2D eigenvalue weighted by Crippen LogP contribution is -2.34. The molecule has 0 rings (SSSR count). The molecule has 0 radical (unpaired) electrons. The molecule has 0 aliphatic heterocycles. The summed E-state index contributed by atoms with van der Waals surface area (Å²) >= 11 is 0. The van der Waals surface area contributed by atoms with Gasteiger partial charge in [-0.25, -0.2) is 0 Å². The second-order valence-electron chi connectivity index (χ2n) is 7.40. The van der Waals surface area contributed by atoms with Gasteiger partial charge in [-0.2, -0.15) is 0 Å². The summed E-state index contributed by atoms with van der Waals surface area (Å²) in [5.74, 6) is 0. The minimum atomic E-state index is 0. The van der Waals surface area contributed by atoms with E-state index < -0.39 is 0 Å². The molecule has 0 bridgehead atoms.